The van der Waals surface area contributed by atoms with Gasteiger partial charge in [0.25, 0.3) is 5.91 Å². The van der Waals surface area contributed by atoms with Crippen molar-refractivity contribution in [3.8, 4) is 11.5 Å². The number of benzene rings is 1. The lowest BCUT2D eigenvalue weighted by Crippen LogP contribution is -2.20. The average molecular weight is 287 g/mol. The molecule has 0 saturated carbocycles. The minimum atomic E-state index is -0.278. The van der Waals surface area contributed by atoms with Gasteiger partial charge in [-0.15, -0.1) is 0 Å². The van der Waals surface area contributed by atoms with Crippen molar-refractivity contribution in [2.45, 2.75) is 6.92 Å². The average Bonchev–Trinajstić information content (AvgIpc) is 2.47. The van der Waals surface area contributed by atoms with Crippen LogP contribution in [0.3, 0.4) is 0 Å². The van der Waals surface area contributed by atoms with E-state index in [1.807, 2.05) is 6.92 Å². The Kier molecular flexibility index (Phi) is 4.61. The second-order valence-corrected chi connectivity index (χ2v) is 4.40. The highest BCUT2D eigenvalue weighted by Crippen LogP contribution is 2.19. The first-order chi connectivity index (χ1) is 10.1. The summed E-state index contributed by atoms with van der Waals surface area (Å²) in [5, 5.41) is 2.71. The number of anilines is 2. The topological polar surface area (TPSA) is 86.5 Å². The number of hydrogen-bond donors (Lipinski definition) is 2. The molecule has 1 aromatic carbocycles. The van der Waals surface area contributed by atoms with E-state index in [0.29, 0.717) is 11.4 Å². The van der Waals surface area contributed by atoms with E-state index in [1.54, 1.807) is 43.5 Å². The molecule has 0 aliphatic rings. The van der Waals surface area contributed by atoms with Gasteiger partial charge in [-0.05, 0) is 43.3 Å². The number of nitrogens with zero attached hydrogens (tertiary/aromatic N) is 1. The molecule has 0 fully saturated rings. The minimum absolute atomic E-state index is 0.138. The summed E-state index contributed by atoms with van der Waals surface area (Å²) in [4.78, 5) is 15.9. The van der Waals surface area contributed by atoms with Crippen LogP contribution in [0.1, 0.15) is 5.69 Å². The molecular formula is C15H17N3O3. The van der Waals surface area contributed by atoms with Crippen LogP contribution in [0.5, 0.6) is 11.5 Å². The van der Waals surface area contributed by atoms with Crippen molar-refractivity contribution in [3.05, 3.63) is 42.1 Å². The number of ether oxygens (including phenoxy) is 2. The van der Waals surface area contributed by atoms with E-state index < -0.39 is 0 Å². The molecule has 0 spiro atoms. The Morgan fingerprint density at radius 2 is 1.95 bits per heavy atom. The van der Waals surface area contributed by atoms with E-state index in [-0.39, 0.29) is 18.3 Å². The number of nitrogens with two attached hydrogens (primary N) is 1. The van der Waals surface area contributed by atoms with E-state index in [0.717, 1.165) is 11.4 Å². The summed E-state index contributed by atoms with van der Waals surface area (Å²) in [5.74, 6) is 1.11. The maximum absolute atomic E-state index is 11.8. The van der Waals surface area contributed by atoms with Crippen LogP contribution in [0, 0.1) is 6.92 Å². The van der Waals surface area contributed by atoms with Gasteiger partial charge in [-0.1, -0.05) is 0 Å². The summed E-state index contributed by atoms with van der Waals surface area (Å²) in [6, 6.07) is 10.5. The summed E-state index contributed by atoms with van der Waals surface area (Å²) < 4.78 is 10.4. The number of hydrogen-bond acceptors (Lipinski definition) is 5. The smallest absolute Gasteiger partial charge is 0.262 e. The zero-order valence-electron chi connectivity index (χ0n) is 11.9. The summed E-state index contributed by atoms with van der Waals surface area (Å²) in [6.45, 7) is 1.69. The number of pyridine rings is 1. The first-order valence-electron chi connectivity index (χ1n) is 6.38. The molecule has 2 rings (SSSR count). The van der Waals surface area contributed by atoms with Crippen molar-refractivity contribution in [1.29, 1.82) is 0 Å². The predicted octanol–water partition coefficient (Wildman–Crippen LogP) is 2.00. The van der Waals surface area contributed by atoms with Gasteiger partial charge in [-0.2, -0.15) is 0 Å². The van der Waals surface area contributed by atoms with Gasteiger partial charge in [0.1, 0.15) is 5.75 Å². The van der Waals surface area contributed by atoms with Gasteiger partial charge < -0.3 is 20.5 Å². The van der Waals surface area contributed by atoms with Gasteiger partial charge in [0.2, 0.25) is 0 Å². The Hall–Kier alpha value is -2.76. The molecule has 0 unspecified atom stereocenters. The second-order valence-electron chi connectivity index (χ2n) is 4.40. The van der Waals surface area contributed by atoms with Gasteiger partial charge in [0.05, 0.1) is 7.11 Å². The standard InChI is InChI=1S/C15H17N3O3/c1-10-3-8-13(15(16)17-10)21-9-14(19)18-11-4-6-12(20-2)7-5-11/h3-8H,9H2,1-2H3,(H2,16,17)(H,18,19). The molecule has 0 saturated heterocycles. The molecule has 21 heavy (non-hydrogen) atoms. The monoisotopic (exact) mass is 287 g/mol. The molecule has 0 bridgehead atoms. The number of aryl methyl sites for hydroxylation is 1. The highest BCUT2D eigenvalue weighted by molar-refractivity contribution is 5.91. The van der Waals surface area contributed by atoms with Gasteiger partial charge in [0.15, 0.2) is 18.2 Å². The molecule has 1 heterocycles. The molecule has 0 aliphatic heterocycles. The van der Waals surface area contributed by atoms with Crippen molar-refractivity contribution in [1.82, 2.24) is 4.98 Å². The van der Waals surface area contributed by atoms with E-state index in [2.05, 4.69) is 10.3 Å². The fourth-order valence-electron chi connectivity index (χ4n) is 1.70. The Morgan fingerprint density at radius 1 is 1.24 bits per heavy atom. The molecule has 0 atom stereocenters. The first-order valence-corrected chi connectivity index (χ1v) is 6.38. The van der Waals surface area contributed by atoms with Crippen LogP contribution in [0.15, 0.2) is 36.4 Å². The fourth-order valence-corrected chi connectivity index (χ4v) is 1.70. The van der Waals surface area contributed by atoms with Gasteiger partial charge in [0, 0.05) is 11.4 Å². The molecule has 0 aliphatic carbocycles. The second kappa shape index (κ2) is 6.60. The molecule has 1 aromatic heterocycles. The Labute approximate surface area is 122 Å². The fraction of sp³-hybridized carbons (Fsp3) is 0.200. The summed E-state index contributed by atoms with van der Waals surface area (Å²) in [5.41, 5.74) is 7.17. The van der Waals surface area contributed by atoms with Crippen LogP contribution in [-0.2, 0) is 4.79 Å². The largest absolute Gasteiger partial charge is 0.497 e. The molecule has 6 heteroatoms. The Morgan fingerprint density at radius 3 is 2.57 bits per heavy atom. The maximum atomic E-state index is 11.8. The highest BCUT2D eigenvalue weighted by atomic mass is 16.5. The van der Waals surface area contributed by atoms with Crippen molar-refractivity contribution in [2.75, 3.05) is 24.8 Å². The Balaban J connectivity index is 1.89. The van der Waals surface area contributed by atoms with E-state index >= 15 is 0 Å². The molecule has 3 N–H and O–H groups in total. The number of methoxy groups -OCH3 is 1. The van der Waals surface area contributed by atoms with Crippen LogP contribution < -0.4 is 20.5 Å². The number of amides is 1. The number of carbonyl (C=O) groups excluding carboxylic acids is 1. The normalized spacial score (nSPS) is 10.0. The van der Waals surface area contributed by atoms with Gasteiger partial charge in [-0.3, -0.25) is 4.79 Å². The van der Waals surface area contributed by atoms with Crippen LogP contribution in [0.25, 0.3) is 0 Å². The summed E-state index contributed by atoms with van der Waals surface area (Å²) >= 11 is 0. The van der Waals surface area contributed by atoms with Crippen LogP contribution in [-0.4, -0.2) is 24.6 Å². The number of rotatable bonds is 5. The lowest BCUT2D eigenvalue weighted by molar-refractivity contribution is -0.118. The lowest BCUT2D eigenvalue weighted by atomic mass is 10.3. The molecule has 2 aromatic rings. The third-order valence-corrected chi connectivity index (χ3v) is 2.76. The van der Waals surface area contributed by atoms with Crippen molar-refractivity contribution < 1.29 is 14.3 Å². The number of nitrogen functional groups attached to an aromatic ring is 1. The first kappa shape index (κ1) is 14.6. The van der Waals surface area contributed by atoms with E-state index in [1.165, 1.54) is 0 Å². The lowest BCUT2D eigenvalue weighted by Gasteiger charge is -2.09. The molecule has 6 nitrogen and oxygen atoms in total. The summed E-state index contributed by atoms with van der Waals surface area (Å²) in [6.07, 6.45) is 0. The van der Waals surface area contributed by atoms with Gasteiger partial charge >= 0.3 is 0 Å². The van der Waals surface area contributed by atoms with Crippen molar-refractivity contribution >= 4 is 17.4 Å². The van der Waals surface area contributed by atoms with Gasteiger partial charge in [-0.25, -0.2) is 4.98 Å². The van der Waals surface area contributed by atoms with E-state index in [9.17, 15) is 4.79 Å². The third-order valence-electron chi connectivity index (χ3n) is 2.76. The van der Waals surface area contributed by atoms with Crippen LogP contribution in [0.2, 0.25) is 0 Å². The van der Waals surface area contributed by atoms with Crippen molar-refractivity contribution in [2.24, 2.45) is 0 Å². The Bertz CT molecular complexity index is 627. The van der Waals surface area contributed by atoms with Crippen LogP contribution >= 0.6 is 0 Å². The summed E-state index contributed by atoms with van der Waals surface area (Å²) in [7, 11) is 1.58. The zero-order chi connectivity index (χ0) is 15.2. The number of aromatic nitrogens is 1. The predicted molar refractivity (Wildman–Crippen MR) is 80.5 cm³/mol. The van der Waals surface area contributed by atoms with Crippen molar-refractivity contribution in [3.63, 3.8) is 0 Å². The number of carbonyl (C=O) groups is 1. The van der Waals surface area contributed by atoms with Crippen LogP contribution in [0.4, 0.5) is 11.5 Å². The maximum Gasteiger partial charge on any atom is 0.262 e. The molecule has 110 valence electrons. The zero-order valence-corrected chi connectivity index (χ0v) is 11.9. The number of nitrogens with one attached hydrogen (secondary N) is 1. The third kappa shape index (κ3) is 4.10. The van der Waals surface area contributed by atoms with E-state index in [4.69, 9.17) is 15.2 Å². The minimum Gasteiger partial charge on any atom is -0.497 e. The molecule has 0 radical (unpaired) electrons. The SMILES string of the molecule is COc1ccc(NC(=O)COc2ccc(C)nc2N)cc1. The molecular weight excluding hydrogens is 270 g/mol. The highest BCUT2D eigenvalue weighted by Gasteiger charge is 2.07. The molecule has 1 amide bonds. The quantitative estimate of drug-likeness (QED) is 0.878.